The lowest BCUT2D eigenvalue weighted by Gasteiger charge is -2.25. The summed E-state index contributed by atoms with van der Waals surface area (Å²) >= 11 is 16.2. The van der Waals surface area contributed by atoms with E-state index in [1.807, 2.05) is 12.1 Å². The van der Waals surface area contributed by atoms with Crippen LogP contribution in [0.3, 0.4) is 0 Å². The second-order valence-electron chi connectivity index (χ2n) is 9.33. The van der Waals surface area contributed by atoms with Gasteiger partial charge in [-0.1, -0.05) is 52.4 Å². The fourth-order valence-electron chi connectivity index (χ4n) is 5.39. The fraction of sp³-hybridized carbons (Fsp3) is 0.323. The Balaban J connectivity index is 1.50. The van der Waals surface area contributed by atoms with Gasteiger partial charge in [-0.05, 0) is 94.2 Å². The maximum Gasteiger partial charge on any atom is 0.262 e. The van der Waals surface area contributed by atoms with Crippen molar-refractivity contribution in [2.75, 3.05) is 24.5 Å². The minimum atomic E-state index is 0.789. The van der Waals surface area contributed by atoms with Gasteiger partial charge in [-0.25, -0.2) is 0 Å². The molecule has 0 fully saturated rings. The molecule has 0 N–H and O–H groups in total. The number of likely N-dealkylation sites (N-methyl/N-ethyl adjacent to an activating group) is 1. The molecule has 0 bridgehead atoms. The molecule has 38 heavy (non-hydrogen) atoms. The number of halogens is 2. The van der Waals surface area contributed by atoms with Crippen molar-refractivity contribution in [2.24, 2.45) is 0 Å². The zero-order valence-electron chi connectivity index (χ0n) is 22.4. The Morgan fingerprint density at radius 1 is 0.947 bits per heavy atom. The molecule has 0 unspecified atom stereocenters. The van der Waals surface area contributed by atoms with Crippen LogP contribution in [0.25, 0.3) is 16.3 Å². The maximum atomic E-state index is 6.28. The molecule has 2 aromatic carbocycles. The second-order valence-corrected chi connectivity index (χ2v) is 12.3. The predicted molar refractivity (Wildman–Crippen MR) is 167 cm³/mol. The van der Waals surface area contributed by atoms with Crippen molar-refractivity contribution in [3.8, 4) is 0 Å². The summed E-state index contributed by atoms with van der Waals surface area (Å²) in [7, 11) is 0. The number of rotatable bonds is 8. The number of nitrogens with zero attached hydrogens (tertiary/aromatic N) is 3. The van der Waals surface area contributed by atoms with Crippen LogP contribution in [-0.2, 0) is 6.54 Å². The number of benzene rings is 2. The Kier molecular flexibility index (Phi) is 8.59. The van der Waals surface area contributed by atoms with Gasteiger partial charge in [0.1, 0.15) is 11.2 Å². The monoisotopic (exact) mass is 582 g/mol. The Morgan fingerprint density at radius 2 is 1.71 bits per heavy atom. The van der Waals surface area contributed by atoms with E-state index in [1.54, 1.807) is 23.1 Å². The first-order chi connectivity index (χ1) is 18.5. The summed E-state index contributed by atoms with van der Waals surface area (Å²) in [5.74, 6) is 0. The van der Waals surface area contributed by atoms with Gasteiger partial charge in [-0.2, -0.15) is 4.57 Å². The van der Waals surface area contributed by atoms with E-state index in [9.17, 15) is 0 Å². The number of thiazole rings is 1. The first-order valence-electron chi connectivity index (χ1n) is 13.4. The average Bonchev–Trinajstić information content (AvgIpc) is 3.58. The molecular weight excluding hydrogens is 549 g/mol. The summed E-state index contributed by atoms with van der Waals surface area (Å²) in [5.41, 5.74) is 6.71. The molecule has 3 nitrogen and oxygen atoms in total. The molecule has 2 heterocycles. The average molecular weight is 584 g/mol. The molecule has 1 aromatic heterocycles. The Labute approximate surface area is 244 Å². The van der Waals surface area contributed by atoms with Crippen LogP contribution in [0.2, 0.25) is 10.0 Å². The van der Waals surface area contributed by atoms with Crippen molar-refractivity contribution < 1.29 is 4.57 Å². The molecule has 0 amide bonds. The van der Waals surface area contributed by atoms with Crippen molar-refractivity contribution in [2.45, 2.75) is 52.0 Å². The molecule has 0 saturated carbocycles. The van der Waals surface area contributed by atoms with Gasteiger partial charge in [-0.3, -0.25) is 0 Å². The lowest BCUT2D eigenvalue weighted by atomic mass is 10.1. The van der Waals surface area contributed by atoms with Crippen LogP contribution in [0.4, 0.5) is 5.69 Å². The highest BCUT2D eigenvalue weighted by molar-refractivity contribution is 8.03. The quantitative estimate of drug-likeness (QED) is 0.245. The molecule has 5 rings (SSSR count). The largest absolute Gasteiger partial charge is 0.372 e. The van der Waals surface area contributed by atoms with Crippen LogP contribution in [-0.4, -0.2) is 24.5 Å². The van der Waals surface area contributed by atoms with E-state index in [1.165, 1.54) is 47.7 Å². The normalized spacial score (nSPS) is 17.7. The molecule has 0 saturated heterocycles. The number of fused-ring (bicyclic) bond motifs is 2. The summed E-state index contributed by atoms with van der Waals surface area (Å²) in [6.45, 7) is 12.8. The summed E-state index contributed by atoms with van der Waals surface area (Å²) in [4.78, 5) is 6.11. The van der Waals surface area contributed by atoms with Crippen molar-refractivity contribution >= 4 is 68.3 Å². The number of thioether (sulfide) groups is 1. The van der Waals surface area contributed by atoms with Gasteiger partial charge in [0.2, 0.25) is 5.52 Å². The highest BCUT2D eigenvalue weighted by Crippen LogP contribution is 2.47. The standard InChI is InChI=1S/C31H34Cl2N3S2/c1-5-34(6-2)31-21(11-17-29-35(7-3)25-15-13-23(32)19-27(25)37-29)9-10-22(31)12-18-30-36(8-4)26-16-14-24(33)20-28(26)38-30/h11-20H,5-10H2,1-4H3/q+1. The van der Waals surface area contributed by atoms with Crippen LogP contribution in [0.1, 0.15) is 45.5 Å². The van der Waals surface area contributed by atoms with Gasteiger partial charge in [0, 0.05) is 52.4 Å². The summed E-state index contributed by atoms with van der Waals surface area (Å²) in [6.07, 6.45) is 11.4. The van der Waals surface area contributed by atoms with E-state index < -0.39 is 0 Å². The Morgan fingerprint density at radius 3 is 2.45 bits per heavy atom. The first kappa shape index (κ1) is 27.4. The predicted octanol–water partition coefficient (Wildman–Crippen LogP) is 9.32. The minimum Gasteiger partial charge on any atom is -0.372 e. The van der Waals surface area contributed by atoms with Crippen molar-refractivity contribution in [3.63, 3.8) is 0 Å². The highest BCUT2D eigenvalue weighted by Gasteiger charge is 2.26. The highest BCUT2D eigenvalue weighted by atomic mass is 35.5. The molecule has 0 spiro atoms. The molecule has 0 atom stereocenters. The van der Waals surface area contributed by atoms with Crippen LogP contribution < -0.4 is 9.47 Å². The van der Waals surface area contributed by atoms with E-state index in [2.05, 4.69) is 90.6 Å². The van der Waals surface area contributed by atoms with Crippen molar-refractivity contribution in [1.82, 2.24) is 4.90 Å². The van der Waals surface area contributed by atoms with Gasteiger partial charge in [0.05, 0.1) is 10.7 Å². The smallest absolute Gasteiger partial charge is 0.262 e. The van der Waals surface area contributed by atoms with Gasteiger partial charge in [0.15, 0.2) is 0 Å². The van der Waals surface area contributed by atoms with Gasteiger partial charge >= 0.3 is 0 Å². The molecule has 1 aliphatic heterocycles. The van der Waals surface area contributed by atoms with E-state index in [-0.39, 0.29) is 0 Å². The molecule has 3 aromatic rings. The number of anilines is 1. The van der Waals surface area contributed by atoms with Crippen LogP contribution >= 0.6 is 46.3 Å². The van der Waals surface area contributed by atoms with Gasteiger partial charge in [-0.15, -0.1) is 0 Å². The van der Waals surface area contributed by atoms with Crippen LogP contribution in [0.5, 0.6) is 0 Å². The third-order valence-electron chi connectivity index (χ3n) is 7.22. The van der Waals surface area contributed by atoms with Gasteiger partial charge < -0.3 is 9.80 Å². The number of aryl methyl sites for hydroxylation is 1. The Bertz CT molecular complexity index is 1480. The molecule has 1 aliphatic carbocycles. The third-order valence-corrected chi connectivity index (χ3v) is 9.92. The van der Waals surface area contributed by atoms with E-state index >= 15 is 0 Å². The van der Waals surface area contributed by atoms with Crippen molar-refractivity contribution in [3.05, 3.63) is 91.6 Å². The van der Waals surface area contributed by atoms with E-state index in [4.69, 9.17) is 23.2 Å². The first-order valence-corrected chi connectivity index (χ1v) is 15.8. The zero-order chi connectivity index (χ0) is 26.8. The lowest BCUT2D eigenvalue weighted by molar-refractivity contribution is -0.665. The topological polar surface area (TPSA) is 10.4 Å². The van der Waals surface area contributed by atoms with E-state index in [0.717, 1.165) is 49.1 Å². The second kappa shape index (κ2) is 11.9. The van der Waals surface area contributed by atoms with Crippen molar-refractivity contribution in [1.29, 1.82) is 0 Å². The maximum absolute atomic E-state index is 6.28. The van der Waals surface area contributed by atoms with Crippen LogP contribution in [0, 0.1) is 0 Å². The van der Waals surface area contributed by atoms with Gasteiger partial charge in [0.25, 0.3) is 5.01 Å². The summed E-state index contributed by atoms with van der Waals surface area (Å²) in [6, 6.07) is 12.4. The van der Waals surface area contributed by atoms with Crippen LogP contribution in [0.15, 0.2) is 81.4 Å². The molecule has 198 valence electrons. The molecule has 7 heteroatoms. The number of aromatic nitrogens is 1. The number of allylic oxidation sites excluding steroid dienone is 5. The minimum absolute atomic E-state index is 0.789. The van der Waals surface area contributed by atoms with E-state index in [0.29, 0.717) is 0 Å². The molecular formula is C31H34Cl2N3S2+. The third kappa shape index (κ3) is 5.31. The Hall–Kier alpha value is -2.18. The number of hydrogen-bond acceptors (Lipinski definition) is 4. The molecule has 0 radical (unpaired) electrons. The summed E-state index contributed by atoms with van der Waals surface area (Å²) < 4.78 is 3.61. The number of hydrogen-bond donors (Lipinski definition) is 0. The SMILES string of the molecule is CCN(CC)C1=C(C=Cc2sc3cc(Cl)ccc3[n+]2CC)CCC1=CC=C1Sc2cc(Cl)ccc2N1CC. The molecule has 2 aliphatic rings. The lowest BCUT2D eigenvalue weighted by Crippen LogP contribution is -2.33. The zero-order valence-corrected chi connectivity index (χ0v) is 25.6. The summed E-state index contributed by atoms with van der Waals surface area (Å²) in [5, 5.41) is 4.09. The fourth-order valence-corrected chi connectivity index (χ4v) is 8.19.